The summed E-state index contributed by atoms with van der Waals surface area (Å²) >= 11 is 7.83. The Bertz CT molecular complexity index is 592. The molecule has 0 saturated heterocycles. The number of carbonyl (C=O) groups excluding carboxylic acids is 1. The Balaban J connectivity index is 2.51. The van der Waals surface area contributed by atoms with E-state index >= 15 is 0 Å². The summed E-state index contributed by atoms with van der Waals surface area (Å²) in [6.45, 7) is 1.92. The lowest BCUT2D eigenvalue weighted by atomic mass is 10.1. The highest BCUT2D eigenvalue weighted by atomic mass is 79.9. The molecule has 0 amide bonds. The highest BCUT2D eigenvalue weighted by Gasteiger charge is 2.19. The van der Waals surface area contributed by atoms with Crippen LogP contribution in [0.25, 0.3) is 0 Å². The molecule has 1 aromatic heterocycles. The number of aryl methyl sites for hydroxylation is 1. The standard InChI is InChI=1S/C12H7Br2FOS/c1-6-5-8(13)12(17-6)11(16)7-3-2-4-9(15)10(7)14/h2-5H,1H3. The van der Waals surface area contributed by atoms with Gasteiger partial charge in [-0.05, 0) is 57.0 Å². The number of hydrogen-bond donors (Lipinski definition) is 0. The van der Waals surface area contributed by atoms with Crippen LogP contribution < -0.4 is 0 Å². The summed E-state index contributed by atoms with van der Waals surface area (Å²) in [4.78, 5) is 13.9. The van der Waals surface area contributed by atoms with Crippen LogP contribution in [0.1, 0.15) is 20.1 Å². The van der Waals surface area contributed by atoms with Gasteiger partial charge in [0.15, 0.2) is 0 Å². The third-order valence-electron chi connectivity index (χ3n) is 2.21. The van der Waals surface area contributed by atoms with Crippen LogP contribution in [0, 0.1) is 12.7 Å². The fraction of sp³-hybridized carbons (Fsp3) is 0.0833. The first-order valence-corrected chi connectivity index (χ1v) is 7.15. The second-order valence-corrected chi connectivity index (χ2v) is 6.37. The van der Waals surface area contributed by atoms with Crippen molar-refractivity contribution in [1.82, 2.24) is 0 Å². The van der Waals surface area contributed by atoms with Crippen molar-refractivity contribution in [1.29, 1.82) is 0 Å². The van der Waals surface area contributed by atoms with Crippen LogP contribution in [-0.2, 0) is 0 Å². The van der Waals surface area contributed by atoms with Crippen LogP contribution in [0.5, 0.6) is 0 Å². The van der Waals surface area contributed by atoms with Gasteiger partial charge in [0.1, 0.15) is 5.82 Å². The lowest BCUT2D eigenvalue weighted by Crippen LogP contribution is -2.01. The Morgan fingerprint density at radius 1 is 1.35 bits per heavy atom. The molecule has 0 aliphatic heterocycles. The van der Waals surface area contributed by atoms with E-state index in [2.05, 4.69) is 31.9 Å². The fourth-order valence-corrected chi connectivity index (χ4v) is 3.66. The average Bonchev–Trinajstić information content (AvgIpc) is 2.61. The molecule has 0 atom stereocenters. The van der Waals surface area contributed by atoms with Crippen LogP contribution in [0.15, 0.2) is 33.2 Å². The molecule has 88 valence electrons. The Kier molecular flexibility index (Phi) is 3.80. The number of carbonyl (C=O) groups is 1. The number of halogens is 3. The Morgan fingerprint density at radius 3 is 2.65 bits per heavy atom. The van der Waals surface area contributed by atoms with E-state index in [-0.39, 0.29) is 10.3 Å². The van der Waals surface area contributed by atoms with E-state index in [9.17, 15) is 9.18 Å². The van der Waals surface area contributed by atoms with Crippen molar-refractivity contribution in [3.05, 3.63) is 54.3 Å². The molecular formula is C12H7Br2FOS. The van der Waals surface area contributed by atoms with Gasteiger partial charge in [-0.3, -0.25) is 4.79 Å². The number of rotatable bonds is 2. The molecule has 0 N–H and O–H groups in total. The summed E-state index contributed by atoms with van der Waals surface area (Å²) in [5.74, 6) is -0.610. The Hall–Kier alpha value is -0.520. The molecule has 0 aliphatic rings. The van der Waals surface area contributed by atoms with Crippen LogP contribution in [0.3, 0.4) is 0 Å². The molecule has 1 nitrogen and oxygen atoms in total. The summed E-state index contributed by atoms with van der Waals surface area (Å²) in [5, 5.41) is 0. The minimum absolute atomic E-state index is 0.179. The van der Waals surface area contributed by atoms with E-state index in [0.717, 1.165) is 9.35 Å². The first-order chi connectivity index (χ1) is 8.00. The van der Waals surface area contributed by atoms with E-state index in [1.165, 1.54) is 23.5 Å². The summed E-state index contributed by atoms with van der Waals surface area (Å²) in [6, 6.07) is 6.33. The minimum atomic E-state index is -0.430. The molecule has 0 radical (unpaired) electrons. The van der Waals surface area contributed by atoms with Crippen molar-refractivity contribution in [3.8, 4) is 0 Å². The molecule has 2 aromatic rings. The number of benzene rings is 1. The smallest absolute Gasteiger partial charge is 0.205 e. The topological polar surface area (TPSA) is 17.1 Å². The molecule has 5 heteroatoms. The first kappa shape index (κ1) is 12.9. The summed E-state index contributed by atoms with van der Waals surface area (Å²) in [7, 11) is 0. The van der Waals surface area contributed by atoms with Gasteiger partial charge in [0.2, 0.25) is 5.78 Å². The molecule has 0 unspecified atom stereocenters. The van der Waals surface area contributed by atoms with Gasteiger partial charge in [-0.2, -0.15) is 0 Å². The second-order valence-electron chi connectivity index (χ2n) is 3.46. The second kappa shape index (κ2) is 5.00. The molecule has 0 saturated carbocycles. The molecule has 1 aromatic carbocycles. The third kappa shape index (κ3) is 2.51. The molecule has 17 heavy (non-hydrogen) atoms. The van der Waals surface area contributed by atoms with Crippen LogP contribution in [0.2, 0.25) is 0 Å². The summed E-state index contributed by atoms with van der Waals surface area (Å²) < 4.78 is 14.3. The highest BCUT2D eigenvalue weighted by Crippen LogP contribution is 2.31. The van der Waals surface area contributed by atoms with E-state index in [1.54, 1.807) is 6.07 Å². The van der Waals surface area contributed by atoms with Gasteiger partial charge in [-0.15, -0.1) is 11.3 Å². The number of thiophene rings is 1. The maximum absolute atomic E-state index is 13.4. The van der Waals surface area contributed by atoms with Gasteiger partial charge in [0.25, 0.3) is 0 Å². The van der Waals surface area contributed by atoms with Gasteiger partial charge >= 0.3 is 0 Å². The summed E-state index contributed by atoms with van der Waals surface area (Å²) in [5.41, 5.74) is 0.340. The van der Waals surface area contributed by atoms with Gasteiger partial charge in [-0.1, -0.05) is 6.07 Å². The number of ketones is 1. The monoisotopic (exact) mass is 376 g/mol. The zero-order valence-corrected chi connectivity index (χ0v) is 12.7. The van der Waals surface area contributed by atoms with Gasteiger partial charge < -0.3 is 0 Å². The molecule has 2 rings (SSSR count). The SMILES string of the molecule is Cc1cc(Br)c(C(=O)c2cccc(F)c2Br)s1. The lowest BCUT2D eigenvalue weighted by Gasteiger charge is -2.03. The van der Waals surface area contributed by atoms with E-state index in [4.69, 9.17) is 0 Å². The highest BCUT2D eigenvalue weighted by molar-refractivity contribution is 9.11. The maximum Gasteiger partial charge on any atom is 0.205 e. The molecule has 1 heterocycles. The van der Waals surface area contributed by atoms with Gasteiger partial charge in [0, 0.05) is 14.9 Å². The zero-order valence-electron chi connectivity index (χ0n) is 8.76. The average molecular weight is 378 g/mol. The van der Waals surface area contributed by atoms with Crippen LogP contribution >= 0.6 is 43.2 Å². The predicted molar refractivity (Wildman–Crippen MR) is 74.3 cm³/mol. The van der Waals surface area contributed by atoms with E-state index in [0.29, 0.717) is 10.4 Å². The first-order valence-electron chi connectivity index (χ1n) is 4.75. The van der Waals surface area contributed by atoms with E-state index in [1.807, 2.05) is 13.0 Å². The molecule has 0 bridgehead atoms. The van der Waals surface area contributed by atoms with Crippen molar-refractivity contribution in [2.24, 2.45) is 0 Å². The fourth-order valence-electron chi connectivity index (χ4n) is 1.44. The predicted octanol–water partition coefficient (Wildman–Crippen LogP) is 4.95. The molecular weight excluding hydrogens is 371 g/mol. The van der Waals surface area contributed by atoms with Crippen molar-refractivity contribution in [2.75, 3.05) is 0 Å². The van der Waals surface area contributed by atoms with Gasteiger partial charge in [-0.25, -0.2) is 4.39 Å². The maximum atomic E-state index is 13.4. The van der Waals surface area contributed by atoms with Crippen LogP contribution in [0.4, 0.5) is 4.39 Å². The normalized spacial score (nSPS) is 10.6. The molecule has 0 spiro atoms. The molecule has 0 aliphatic carbocycles. The Labute approximate surface area is 119 Å². The minimum Gasteiger partial charge on any atom is -0.288 e. The van der Waals surface area contributed by atoms with Crippen molar-refractivity contribution < 1.29 is 9.18 Å². The van der Waals surface area contributed by atoms with Crippen molar-refractivity contribution in [3.63, 3.8) is 0 Å². The zero-order chi connectivity index (χ0) is 12.6. The largest absolute Gasteiger partial charge is 0.288 e. The van der Waals surface area contributed by atoms with Crippen molar-refractivity contribution >= 4 is 49.0 Å². The van der Waals surface area contributed by atoms with Gasteiger partial charge in [0.05, 0.1) is 9.35 Å². The molecule has 0 fully saturated rings. The van der Waals surface area contributed by atoms with Crippen LogP contribution in [-0.4, -0.2) is 5.78 Å². The Morgan fingerprint density at radius 2 is 2.06 bits per heavy atom. The summed E-state index contributed by atoms with van der Waals surface area (Å²) in [6.07, 6.45) is 0. The third-order valence-corrected chi connectivity index (χ3v) is 4.96. The quantitative estimate of drug-likeness (QED) is 0.676. The van der Waals surface area contributed by atoms with E-state index < -0.39 is 5.82 Å². The van der Waals surface area contributed by atoms with Crippen molar-refractivity contribution in [2.45, 2.75) is 6.92 Å². The number of hydrogen-bond acceptors (Lipinski definition) is 2. The lowest BCUT2D eigenvalue weighted by molar-refractivity contribution is 0.104.